The van der Waals surface area contributed by atoms with Crippen molar-refractivity contribution in [3.63, 3.8) is 0 Å². The van der Waals surface area contributed by atoms with Crippen LogP contribution in [0.2, 0.25) is 0 Å². The monoisotopic (exact) mass is 438 g/mol. The van der Waals surface area contributed by atoms with Crippen molar-refractivity contribution in [1.82, 2.24) is 14.8 Å². The van der Waals surface area contributed by atoms with E-state index in [0.29, 0.717) is 11.4 Å². The number of anilines is 1. The lowest BCUT2D eigenvalue weighted by Crippen LogP contribution is -2.39. The molecule has 0 bridgehead atoms. The molecule has 1 aliphatic rings. The Morgan fingerprint density at radius 1 is 1.06 bits per heavy atom. The maximum absolute atomic E-state index is 9.23. The number of aryl methyl sites for hydroxylation is 1. The third-order valence-electron chi connectivity index (χ3n) is 6.26. The van der Waals surface area contributed by atoms with Crippen LogP contribution in [0.1, 0.15) is 18.4 Å². The third-order valence-corrected chi connectivity index (χ3v) is 6.26. The topological polar surface area (TPSA) is 93.0 Å². The summed E-state index contributed by atoms with van der Waals surface area (Å²) in [6.07, 6.45) is 3.88. The number of fused-ring (bicyclic) bond motifs is 1. The zero-order chi connectivity index (χ0) is 22.9. The van der Waals surface area contributed by atoms with E-state index in [4.69, 9.17) is 15.5 Å². The normalized spacial score (nSPS) is 14.4. The van der Waals surface area contributed by atoms with E-state index in [1.807, 2.05) is 54.3 Å². The van der Waals surface area contributed by atoms with E-state index in [1.54, 1.807) is 7.11 Å². The van der Waals surface area contributed by atoms with Crippen molar-refractivity contribution < 1.29 is 4.74 Å². The van der Waals surface area contributed by atoms with Crippen molar-refractivity contribution in [2.45, 2.75) is 18.9 Å². The van der Waals surface area contributed by atoms with E-state index in [0.717, 1.165) is 64.9 Å². The number of rotatable bonds is 4. The molecule has 166 valence electrons. The first-order valence-corrected chi connectivity index (χ1v) is 11.1. The fourth-order valence-corrected chi connectivity index (χ4v) is 4.46. The highest BCUT2D eigenvalue weighted by atomic mass is 16.5. The van der Waals surface area contributed by atoms with E-state index in [1.165, 1.54) is 0 Å². The maximum atomic E-state index is 9.23. The minimum Gasteiger partial charge on any atom is -0.480 e. The lowest BCUT2D eigenvalue weighted by atomic mass is 9.96. The number of methoxy groups -OCH3 is 1. The molecule has 1 fully saturated rings. The highest BCUT2D eigenvalue weighted by Crippen LogP contribution is 2.40. The van der Waals surface area contributed by atoms with Crippen LogP contribution in [-0.4, -0.2) is 41.0 Å². The Balaban J connectivity index is 1.69. The van der Waals surface area contributed by atoms with Crippen molar-refractivity contribution in [2.24, 2.45) is 12.8 Å². The minimum atomic E-state index is 0.240. The van der Waals surface area contributed by atoms with Crippen LogP contribution in [0.25, 0.3) is 33.3 Å². The minimum absolute atomic E-state index is 0.240. The van der Waals surface area contributed by atoms with Gasteiger partial charge in [0, 0.05) is 48.9 Å². The summed E-state index contributed by atoms with van der Waals surface area (Å²) in [5.41, 5.74) is 12.5. The summed E-state index contributed by atoms with van der Waals surface area (Å²) in [5, 5.41) is 14.8. The first kappa shape index (κ1) is 21.0. The van der Waals surface area contributed by atoms with Crippen LogP contribution in [0, 0.1) is 11.3 Å². The predicted molar refractivity (Wildman–Crippen MR) is 130 cm³/mol. The van der Waals surface area contributed by atoms with Crippen LogP contribution < -0.4 is 15.4 Å². The van der Waals surface area contributed by atoms with Gasteiger partial charge in [-0.1, -0.05) is 18.2 Å². The summed E-state index contributed by atoms with van der Waals surface area (Å²) in [5.74, 6) is 0.601. The van der Waals surface area contributed by atoms with Crippen LogP contribution in [0.5, 0.6) is 5.88 Å². The molecule has 0 saturated carbocycles. The molecule has 3 heterocycles. The van der Waals surface area contributed by atoms with Crippen molar-refractivity contribution in [2.75, 3.05) is 25.1 Å². The smallest absolute Gasteiger partial charge is 0.237 e. The molecule has 2 aromatic heterocycles. The standard InChI is InChI=1S/C26H26N6O/c1-31-16-20-13-19(7-8-23(20)30-31)25-22(18-5-3-17(15-27)4-6-18)14-24(26(29-25)33-2)32-11-9-21(28)10-12-32/h3-8,13-14,16,21H,9-12,28H2,1-2H3. The van der Waals surface area contributed by atoms with Gasteiger partial charge in [-0.15, -0.1) is 0 Å². The highest BCUT2D eigenvalue weighted by Gasteiger charge is 2.23. The quantitative estimate of drug-likeness (QED) is 0.515. The average Bonchev–Trinajstić information content (AvgIpc) is 3.23. The fourth-order valence-electron chi connectivity index (χ4n) is 4.46. The van der Waals surface area contributed by atoms with Crippen LogP contribution in [-0.2, 0) is 7.05 Å². The molecule has 0 radical (unpaired) electrons. The van der Waals surface area contributed by atoms with Crippen LogP contribution in [0.3, 0.4) is 0 Å². The molecule has 1 saturated heterocycles. The number of hydrogen-bond donors (Lipinski definition) is 1. The second-order valence-electron chi connectivity index (χ2n) is 8.50. The number of hydrogen-bond acceptors (Lipinski definition) is 6. The fraction of sp³-hybridized carbons (Fsp3) is 0.269. The van der Waals surface area contributed by atoms with Crippen molar-refractivity contribution in [3.05, 3.63) is 60.3 Å². The van der Waals surface area contributed by atoms with Gasteiger partial charge in [0.2, 0.25) is 5.88 Å². The Hall–Kier alpha value is -3.89. The summed E-state index contributed by atoms with van der Waals surface area (Å²) >= 11 is 0. The molecule has 0 unspecified atom stereocenters. The Bertz CT molecular complexity index is 1340. The first-order valence-electron chi connectivity index (χ1n) is 11.1. The van der Waals surface area contributed by atoms with Crippen molar-refractivity contribution in [1.29, 1.82) is 5.26 Å². The maximum Gasteiger partial charge on any atom is 0.237 e. The molecule has 0 aliphatic carbocycles. The van der Waals surface area contributed by atoms with E-state index in [-0.39, 0.29) is 6.04 Å². The zero-order valence-corrected chi connectivity index (χ0v) is 18.8. The van der Waals surface area contributed by atoms with Crippen LogP contribution in [0.15, 0.2) is 54.7 Å². The molecule has 2 aromatic carbocycles. The lowest BCUT2D eigenvalue weighted by molar-refractivity contribution is 0.395. The van der Waals surface area contributed by atoms with Gasteiger partial charge in [0.15, 0.2) is 0 Å². The third kappa shape index (κ3) is 4.01. The Morgan fingerprint density at radius 3 is 2.48 bits per heavy atom. The summed E-state index contributed by atoms with van der Waals surface area (Å²) in [6.45, 7) is 1.74. The summed E-state index contributed by atoms with van der Waals surface area (Å²) in [7, 11) is 3.58. The number of nitriles is 1. The van der Waals surface area contributed by atoms with Crippen molar-refractivity contribution >= 4 is 16.6 Å². The van der Waals surface area contributed by atoms with Gasteiger partial charge in [-0.2, -0.15) is 10.4 Å². The molecule has 33 heavy (non-hydrogen) atoms. The molecule has 0 atom stereocenters. The number of benzene rings is 2. The molecule has 5 rings (SSSR count). The van der Waals surface area contributed by atoms with Gasteiger partial charge in [-0.25, -0.2) is 4.98 Å². The van der Waals surface area contributed by atoms with Gasteiger partial charge in [-0.3, -0.25) is 4.68 Å². The lowest BCUT2D eigenvalue weighted by Gasteiger charge is -2.33. The number of aromatic nitrogens is 3. The molecular formula is C26H26N6O. The Labute approximate surface area is 193 Å². The molecule has 2 N–H and O–H groups in total. The first-order chi connectivity index (χ1) is 16.1. The molecule has 0 amide bonds. The SMILES string of the molecule is COc1nc(-c2ccc3nn(C)cc3c2)c(-c2ccc(C#N)cc2)cc1N1CCC(N)CC1. The van der Waals surface area contributed by atoms with E-state index >= 15 is 0 Å². The number of ether oxygens (including phenoxy) is 1. The second-order valence-corrected chi connectivity index (χ2v) is 8.50. The number of piperidine rings is 1. The van der Waals surface area contributed by atoms with E-state index in [2.05, 4.69) is 28.2 Å². The zero-order valence-electron chi connectivity index (χ0n) is 18.8. The van der Waals surface area contributed by atoms with Crippen LogP contribution >= 0.6 is 0 Å². The van der Waals surface area contributed by atoms with Gasteiger partial charge < -0.3 is 15.4 Å². The average molecular weight is 439 g/mol. The molecule has 0 spiro atoms. The molecule has 7 heteroatoms. The molecule has 1 aliphatic heterocycles. The summed E-state index contributed by atoms with van der Waals surface area (Å²) < 4.78 is 7.58. The van der Waals surface area contributed by atoms with Gasteiger partial charge in [0.1, 0.15) is 5.69 Å². The van der Waals surface area contributed by atoms with Crippen LogP contribution in [0.4, 0.5) is 5.69 Å². The Morgan fingerprint density at radius 2 is 1.79 bits per heavy atom. The molecule has 7 nitrogen and oxygen atoms in total. The molecular weight excluding hydrogens is 412 g/mol. The highest BCUT2D eigenvalue weighted by molar-refractivity contribution is 5.90. The number of nitrogens with zero attached hydrogens (tertiary/aromatic N) is 5. The Kier molecular flexibility index (Phi) is 5.45. The van der Waals surface area contributed by atoms with E-state index < -0.39 is 0 Å². The predicted octanol–water partition coefficient (Wildman–Crippen LogP) is 4.11. The second kappa shape index (κ2) is 8.57. The summed E-state index contributed by atoms with van der Waals surface area (Å²) in [6, 6.07) is 18.4. The summed E-state index contributed by atoms with van der Waals surface area (Å²) in [4.78, 5) is 7.30. The van der Waals surface area contributed by atoms with Gasteiger partial charge in [0.05, 0.1) is 30.0 Å². The van der Waals surface area contributed by atoms with E-state index in [9.17, 15) is 5.26 Å². The molecule has 4 aromatic rings. The largest absolute Gasteiger partial charge is 0.480 e. The number of nitrogens with two attached hydrogens (primary N) is 1. The van der Waals surface area contributed by atoms with Gasteiger partial charge >= 0.3 is 0 Å². The van der Waals surface area contributed by atoms with Gasteiger partial charge in [0.25, 0.3) is 0 Å². The number of pyridine rings is 1. The van der Waals surface area contributed by atoms with Gasteiger partial charge in [-0.05, 0) is 48.7 Å². The van der Waals surface area contributed by atoms with Crippen molar-refractivity contribution in [3.8, 4) is 34.3 Å².